The summed E-state index contributed by atoms with van der Waals surface area (Å²) in [6, 6.07) is 15.9. The van der Waals surface area contributed by atoms with Crippen molar-refractivity contribution in [3.05, 3.63) is 54.6 Å². The molecule has 0 radical (unpaired) electrons. The average molecular weight is 340 g/mol. The SMILES string of the molecule is O=C(CN1CCC[C@@H]1C(=O)O)Nc1ccc(Oc2ccccc2)cc1. The zero-order valence-corrected chi connectivity index (χ0v) is 13.7. The van der Waals surface area contributed by atoms with E-state index in [0.29, 0.717) is 24.4 Å². The second kappa shape index (κ2) is 7.81. The van der Waals surface area contributed by atoms with Crippen LogP contribution in [0.2, 0.25) is 0 Å². The first kappa shape index (κ1) is 17.0. The van der Waals surface area contributed by atoms with Crippen LogP contribution in [0, 0.1) is 0 Å². The number of rotatable bonds is 6. The molecule has 25 heavy (non-hydrogen) atoms. The van der Waals surface area contributed by atoms with E-state index in [1.165, 1.54) is 0 Å². The summed E-state index contributed by atoms with van der Waals surface area (Å²) < 4.78 is 5.70. The fraction of sp³-hybridized carbons (Fsp3) is 0.263. The van der Waals surface area contributed by atoms with E-state index in [9.17, 15) is 9.59 Å². The summed E-state index contributed by atoms with van der Waals surface area (Å²) in [5.74, 6) is 0.334. The number of ether oxygens (including phenoxy) is 1. The first-order valence-corrected chi connectivity index (χ1v) is 8.21. The minimum Gasteiger partial charge on any atom is -0.480 e. The molecule has 1 fully saturated rings. The van der Waals surface area contributed by atoms with Crippen molar-refractivity contribution in [1.29, 1.82) is 0 Å². The van der Waals surface area contributed by atoms with Gasteiger partial charge in [-0.1, -0.05) is 18.2 Å². The lowest BCUT2D eigenvalue weighted by Gasteiger charge is -2.20. The summed E-state index contributed by atoms with van der Waals surface area (Å²) in [5.41, 5.74) is 0.650. The molecule has 2 aromatic carbocycles. The molecule has 6 heteroatoms. The first-order valence-electron chi connectivity index (χ1n) is 8.21. The third-order valence-corrected chi connectivity index (χ3v) is 4.11. The van der Waals surface area contributed by atoms with Crippen LogP contribution in [-0.4, -0.2) is 41.0 Å². The number of likely N-dealkylation sites (tertiary alicyclic amines) is 1. The van der Waals surface area contributed by atoms with Crippen LogP contribution in [0.5, 0.6) is 11.5 Å². The highest BCUT2D eigenvalue weighted by Crippen LogP contribution is 2.23. The quantitative estimate of drug-likeness (QED) is 0.845. The predicted octanol–water partition coefficient (Wildman–Crippen LogP) is 2.97. The molecule has 0 saturated carbocycles. The van der Waals surface area contributed by atoms with Crippen LogP contribution < -0.4 is 10.1 Å². The number of anilines is 1. The standard InChI is InChI=1S/C19H20N2O4/c22-18(13-21-12-4-7-17(21)19(23)24)20-14-8-10-16(11-9-14)25-15-5-2-1-3-6-15/h1-3,5-6,8-11,17H,4,7,12-13H2,(H,20,22)(H,23,24)/t17-/m1/s1. The fourth-order valence-corrected chi connectivity index (χ4v) is 2.91. The Bertz CT molecular complexity index is 731. The van der Waals surface area contributed by atoms with Gasteiger partial charge in [-0.05, 0) is 55.8 Å². The van der Waals surface area contributed by atoms with E-state index < -0.39 is 12.0 Å². The molecule has 1 aliphatic rings. The van der Waals surface area contributed by atoms with Gasteiger partial charge in [-0.15, -0.1) is 0 Å². The van der Waals surface area contributed by atoms with Crippen molar-refractivity contribution < 1.29 is 19.4 Å². The lowest BCUT2D eigenvalue weighted by atomic mass is 10.2. The van der Waals surface area contributed by atoms with E-state index in [1.54, 1.807) is 29.2 Å². The van der Waals surface area contributed by atoms with Crippen LogP contribution in [0.15, 0.2) is 54.6 Å². The molecule has 0 bridgehead atoms. The van der Waals surface area contributed by atoms with E-state index in [4.69, 9.17) is 9.84 Å². The van der Waals surface area contributed by atoms with Crippen LogP contribution in [-0.2, 0) is 9.59 Å². The Balaban J connectivity index is 1.54. The van der Waals surface area contributed by atoms with Gasteiger partial charge in [-0.2, -0.15) is 0 Å². The molecule has 1 aliphatic heterocycles. The van der Waals surface area contributed by atoms with Crippen molar-refractivity contribution in [1.82, 2.24) is 4.90 Å². The maximum Gasteiger partial charge on any atom is 0.320 e. The molecule has 6 nitrogen and oxygen atoms in total. The van der Waals surface area contributed by atoms with Gasteiger partial charge in [-0.3, -0.25) is 14.5 Å². The van der Waals surface area contributed by atoms with Gasteiger partial charge < -0.3 is 15.2 Å². The van der Waals surface area contributed by atoms with Crippen LogP contribution in [0.3, 0.4) is 0 Å². The number of nitrogens with zero attached hydrogens (tertiary/aromatic N) is 1. The number of para-hydroxylation sites is 1. The number of carboxylic acids is 1. The molecule has 1 atom stereocenters. The van der Waals surface area contributed by atoms with Crippen LogP contribution in [0.1, 0.15) is 12.8 Å². The summed E-state index contributed by atoms with van der Waals surface area (Å²) in [7, 11) is 0. The molecule has 1 heterocycles. The summed E-state index contributed by atoms with van der Waals surface area (Å²) in [5, 5.41) is 11.9. The van der Waals surface area contributed by atoms with Gasteiger partial charge in [-0.25, -0.2) is 0 Å². The zero-order valence-electron chi connectivity index (χ0n) is 13.7. The maximum absolute atomic E-state index is 12.1. The number of hydrogen-bond acceptors (Lipinski definition) is 4. The van der Waals surface area contributed by atoms with Crippen molar-refractivity contribution in [2.24, 2.45) is 0 Å². The first-order chi connectivity index (χ1) is 12.1. The largest absolute Gasteiger partial charge is 0.480 e. The molecular formula is C19H20N2O4. The Hall–Kier alpha value is -2.86. The Morgan fingerprint density at radius 1 is 1.08 bits per heavy atom. The molecule has 3 rings (SSSR count). The smallest absolute Gasteiger partial charge is 0.320 e. The highest BCUT2D eigenvalue weighted by atomic mass is 16.5. The molecule has 1 saturated heterocycles. The number of carbonyl (C=O) groups is 2. The molecular weight excluding hydrogens is 320 g/mol. The third kappa shape index (κ3) is 4.58. The number of aliphatic carboxylic acids is 1. The van der Waals surface area contributed by atoms with E-state index in [0.717, 1.165) is 12.2 Å². The Morgan fingerprint density at radius 2 is 1.76 bits per heavy atom. The number of nitrogens with one attached hydrogen (secondary N) is 1. The second-order valence-corrected chi connectivity index (χ2v) is 5.95. The van der Waals surface area contributed by atoms with Gasteiger partial charge in [0.05, 0.1) is 6.54 Å². The van der Waals surface area contributed by atoms with Crippen LogP contribution in [0.4, 0.5) is 5.69 Å². The summed E-state index contributed by atoms with van der Waals surface area (Å²) in [4.78, 5) is 25.0. The van der Waals surface area contributed by atoms with E-state index in [1.807, 2.05) is 30.3 Å². The van der Waals surface area contributed by atoms with Gasteiger partial charge in [0.25, 0.3) is 0 Å². The van der Waals surface area contributed by atoms with Crippen LogP contribution >= 0.6 is 0 Å². The van der Waals surface area contributed by atoms with Gasteiger partial charge >= 0.3 is 5.97 Å². The molecule has 130 valence electrons. The number of hydrogen-bond donors (Lipinski definition) is 2. The topological polar surface area (TPSA) is 78.9 Å². The lowest BCUT2D eigenvalue weighted by molar-refractivity contribution is -0.142. The van der Waals surface area contributed by atoms with Crippen molar-refractivity contribution in [3.8, 4) is 11.5 Å². The number of carboxylic acid groups (broad SMARTS) is 1. The zero-order chi connectivity index (χ0) is 17.6. The summed E-state index contributed by atoms with van der Waals surface area (Å²) in [6.45, 7) is 0.716. The molecule has 1 amide bonds. The molecule has 0 aromatic heterocycles. The second-order valence-electron chi connectivity index (χ2n) is 5.95. The Kier molecular flexibility index (Phi) is 5.30. The average Bonchev–Trinajstić information content (AvgIpc) is 3.06. The van der Waals surface area contributed by atoms with E-state index in [2.05, 4.69) is 5.32 Å². The Morgan fingerprint density at radius 3 is 2.44 bits per heavy atom. The van der Waals surface area contributed by atoms with Crippen molar-refractivity contribution in [3.63, 3.8) is 0 Å². The maximum atomic E-state index is 12.1. The third-order valence-electron chi connectivity index (χ3n) is 4.11. The minimum absolute atomic E-state index is 0.0826. The molecule has 2 N–H and O–H groups in total. The normalized spacial score (nSPS) is 17.2. The van der Waals surface area contributed by atoms with Crippen molar-refractivity contribution in [2.75, 3.05) is 18.4 Å². The minimum atomic E-state index is -0.868. The van der Waals surface area contributed by atoms with Gasteiger partial charge in [0, 0.05) is 5.69 Å². The molecule has 0 unspecified atom stereocenters. The van der Waals surface area contributed by atoms with Crippen molar-refractivity contribution in [2.45, 2.75) is 18.9 Å². The van der Waals surface area contributed by atoms with E-state index in [-0.39, 0.29) is 12.5 Å². The van der Waals surface area contributed by atoms with Gasteiger partial charge in [0.15, 0.2) is 0 Å². The van der Waals surface area contributed by atoms with Crippen LogP contribution in [0.25, 0.3) is 0 Å². The molecule has 2 aromatic rings. The predicted molar refractivity (Wildman–Crippen MR) is 93.8 cm³/mol. The van der Waals surface area contributed by atoms with E-state index >= 15 is 0 Å². The summed E-state index contributed by atoms with van der Waals surface area (Å²) in [6.07, 6.45) is 1.39. The highest BCUT2D eigenvalue weighted by Gasteiger charge is 2.31. The number of amides is 1. The lowest BCUT2D eigenvalue weighted by Crippen LogP contribution is -2.40. The molecule has 0 spiro atoms. The summed E-state index contributed by atoms with van der Waals surface area (Å²) >= 11 is 0. The van der Waals surface area contributed by atoms with Crippen molar-refractivity contribution >= 4 is 17.6 Å². The number of benzene rings is 2. The Labute approximate surface area is 146 Å². The van der Waals surface area contributed by atoms with Gasteiger partial charge in [0.1, 0.15) is 17.5 Å². The van der Waals surface area contributed by atoms with Gasteiger partial charge in [0.2, 0.25) is 5.91 Å². The fourth-order valence-electron chi connectivity index (χ4n) is 2.91. The molecule has 0 aliphatic carbocycles. The monoisotopic (exact) mass is 340 g/mol. The number of carbonyl (C=O) groups excluding carboxylic acids is 1. The highest BCUT2D eigenvalue weighted by molar-refractivity contribution is 5.92.